The molecule has 0 aliphatic heterocycles. The first-order valence-electron chi connectivity index (χ1n) is 8.00. The number of benzene rings is 2. The van der Waals surface area contributed by atoms with Crippen LogP contribution in [0.5, 0.6) is 0 Å². The minimum absolute atomic E-state index is 0.185. The number of nitrogens with one attached hydrogen (secondary N) is 1. The SMILES string of the molecule is Cc1nc(-c2ccccc2)sc1C(=O)Nc1ccccc1-n1cncn1. The molecule has 0 saturated carbocycles. The number of carbonyl (C=O) groups is 1. The second-order valence-corrected chi connectivity index (χ2v) is 6.61. The van der Waals surface area contributed by atoms with Crippen LogP contribution in [0.1, 0.15) is 15.4 Å². The van der Waals surface area contributed by atoms with E-state index in [9.17, 15) is 4.79 Å². The van der Waals surface area contributed by atoms with Crippen molar-refractivity contribution in [1.82, 2.24) is 19.7 Å². The van der Waals surface area contributed by atoms with Gasteiger partial charge in [-0.2, -0.15) is 5.10 Å². The number of carbonyl (C=O) groups excluding carboxylic acids is 1. The Kier molecular flexibility index (Phi) is 4.28. The van der Waals surface area contributed by atoms with Crippen molar-refractivity contribution in [2.75, 3.05) is 5.32 Å². The third kappa shape index (κ3) is 3.12. The van der Waals surface area contributed by atoms with Gasteiger partial charge >= 0.3 is 0 Å². The van der Waals surface area contributed by atoms with Crippen LogP contribution in [-0.4, -0.2) is 25.7 Å². The summed E-state index contributed by atoms with van der Waals surface area (Å²) in [7, 11) is 0. The number of para-hydroxylation sites is 2. The van der Waals surface area contributed by atoms with E-state index < -0.39 is 0 Å². The van der Waals surface area contributed by atoms with Gasteiger partial charge in [-0.25, -0.2) is 14.6 Å². The third-order valence-corrected chi connectivity index (χ3v) is 5.05. The van der Waals surface area contributed by atoms with E-state index in [0.717, 1.165) is 16.3 Å². The number of thiazole rings is 1. The lowest BCUT2D eigenvalue weighted by atomic mass is 10.2. The molecule has 0 aliphatic rings. The Morgan fingerprint density at radius 2 is 1.85 bits per heavy atom. The van der Waals surface area contributed by atoms with Crippen molar-refractivity contribution in [1.29, 1.82) is 0 Å². The Bertz CT molecular complexity index is 1040. The third-order valence-electron chi connectivity index (χ3n) is 3.84. The first-order chi connectivity index (χ1) is 12.7. The normalized spacial score (nSPS) is 10.7. The molecule has 2 aromatic carbocycles. The Morgan fingerprint density at radius 1 is 1.08 bits per heavy atom. The molecule has 7 heteroatoms. The van der Waals surface area contributed by atoms with Gasteiger partial charge in [-0.1, -0.05) is 42.5 Å². The smallest absolute Gasteiger partial charge is 0.267 e. The molecule has 1 amide bonds. The molecule has 2 aromatic heterocycles. The quantitative estimate of drug-likeness (QED) is 0.597. The van der Waals surface area contributed by atoms with Gasteiger partial charge in [0.2, 0.25) is 0 Å². The molecule has 26 heavy (non-hydrogen) atoms. The highest BCUT2D eigenvalue weighted by molar-refractivity contribution is 7.17. The molecule has 0 radical (unpaired) electrons. The highest BCUT2D eigenvalue weighted by Crippen LogP contribution is 2.29. The topological polar surface area (TPSA) is 72.7 Å². The zero-order valence-electron chi connectivity index (χ0n) is 14.0. The molecular formula is C19H15N5OS. The van der Waals surface area contributed by atoms with Crippen molar-refractivity contribution < 1.29 is 4.79 Å². The van der Waals surface area contributed by atoms with Gasteiger partial charge in [0.1, 0.15) is 22.5 Å². The molecular weight excluding hydrogens is 346 g/mol. The van der Waals surface area contributed by atoms with Gasteiger partial charge in [0.15, 0.2) is 0 Å². The van der Waals surface area contributed by atoms with E-state index in [-0.39, 0.29) is 5.91 Å². The molecule has 128 valence electrons. The van der Waals surface area contributed by atoms with E-state index in [1.165, 1.54) is 17.7 Å². The zero-order valence-corrected chi connectivity index (χ0v) is 14.8. The van der Waals surface area contributed by atoms with E-state index in [4.69, 9.17) is 0 Å². The average Bonchev–Trinajstić information content (AvgIpc) is 3.33. The molecule has 0 aliphatic carbocycles. The predicted octanol–water partition coefficient (Wildman–Crippen LogP) is 3.95. The number of hydrogen-bond donors (Lipinski definition) is 1. The standard InChI is InChI=1S/C19H15N5OS/c1-13-17(26-19(22-13)14-7-3-2-4-8-14)18(25)23-15-9-5-6-10-16(15)24-12-20-11-21-24/h2-12H,1H3,(H,23,25). The van der Waals surface area contributed by atoms with Crippen LogP contribution in [0.15, 0.2) is 67.3 Å². The van der Waals surface area contributed by atoms with Crippen molar-refractivity contribution in [3.05, 3.63) is 77.8 Å². The Balaban J connectivity index is 1.63. The monoisotopic (exact) mass is 361 g/mol. The summed E-state index contributed by atoms with van der Waals surface area (Å²) in [6.45, 7) is 1.85. The summed E-state index contributed by atoms with van der Waals surface area (Å²) in [4.78, 5) is 21.9. The minimum Gasteiger partial charge on any atom is -0.319 e. The molecule has 0 bridgehead atoms. The predicted molar refractivity (Wildman–Crippen MR) is 102 cm³/mol. The summed E-state index contributed by atoms with van der Waals surface area (Å²) in [5.41, 5.74) is 3.13. The van der Waals surface area contributed by atoms with Crippen LogP contribution >= 0.6 is 11.3 Å². The van der Waals surface area contributed by atoms with Crippen LogP contribution in [0.3, 0.4) is 0 Å². The summed E-state index contributed by atoms with van der Waals surface area (Å²) in [5.74, 6) is -0.185. The van der Waals surface area contributed by atoms with Crippen LogP contribution in [0.25, 0.3) is 16.3 Å². The molecule has 0 fully saturated rings. The van der Waals surface area contributed by atoms with Gasteiger partial charge in [0.05, 0.1) is 17.1 Å². The Labute approximate surface area is 154 Å². The van der Waals surface area contributed by atoms with Crippen molar-refractivity contribution in [3.63, 3.8) is 0 Å². The number of nitrogens with zero attached hydrogens (tertiary/aromatic N) is 4. The lowest BCUT2D eigenvalue weighted by Crippen LogP contribution is -2.13. The van der Waals surface area contributed by atoms with Crippen molar-refractivity contribution in [2.24, 2.45) is 0 Å². The number of amides is 1. The number of aromatic nitrogens is 4. The van der Waals surface area contributed by atoms with Gasteiger partial charge in [-0.15, -0.1) is 11.3 Å². The van der Waals surface area contributed by atoms with Crippen molar-refractivity contribution in [2.45, 2.75) is 6.92 Å². The maximum Gasteiger partial charge on any atom is 0.267 e. The summed E-state index contributed by atoms with van der Waals surface area (Å²) >= 11 is 1.39. The van der Waals surface area contributed by atoms with Crippen LogP contribution in [-0.2, 0) is 0 Å². The molecule has 0 atom stereocenters. The van der Waals surface area contributed by atoms with E-state index in [0.29, 0.717) is 16.3 Å². The largest absolute Gasteiger partial charge is 0.319 e. The molecule has 0 saturated heterocycles. The highest BCUT2D eigenvalue weighted by Gasteiger charge is 2.17. The summed E-state index contributed by atoms with van der Waals surface area (Å²) in [5, 5.41) is 7.93. The lowest BCUT2D eigenvalue weighted by molar-refractivity contribution is 0.103. The zero-order chi connectivity index (χ0) is 17.9. The van der Waals surface area contributed by atoms with E-state index in [2.05, 4.69) is 20.4 Å². The average molecular weight is 361 g/mol. The first kappa shape index (κ1) is 16.2. The molecule has 0 unspecified atom stereocenters. The lowest BCUT2D eigenvalue weighted by Gasteiger charge is -2.10. The molecule has 4 rings (SSSR count). The highest BCUT2D eigenvalue weighted by atomic mass is 32.1. The number of aryl methyl sites for hydroxylation is 1. The second-order valence-electron chi connectivity index (χ2n) is 5.61. The second kappa shape index (κ2) is 6.89. The number of hydrogen-bond acceptors (Lipinski definition) is 5. The first-order valence-corrected chi connectivity index (χ1v) is 8.82. The van der Waals surface area contributed by atoms with Crippen LogP contribution in [0.4, 0.5) is 5.69 Å². The van der Waals surface area contributed by atoms with Crippen molar-refractivity contribution in [3.8, 4) is 16.3 Å². The fourth-order valence-corrected chi connectivity index (χ4v) is 3.57. The van der Waals surface area contributed by atoms with E-state index >= 15 is 0 Å². The van der Waals surface area contributed by atoms with E-state index in [1.807, 2.05) is 61.5 Å². The number of anilines is 1. The van der Waals surface area contributed by atoms with Crippen LogP contribution in [0, 0.1) is 6.92 Å². The maximum absolute atomic E-state index is 12.8. The molecule has 4 aromatic rings. The summed E-state index contributed by atoms with van der Waals surface area (Å²) in [6, 6.07) is 17.3. The minimum atomic E-state index is -0.185. The summed E-state index contributed by atoms with van der Waals surface area (Å²) < 4.78 is 1.62. The fraction of sp³-hybridized carbons (Fsp3) is 0.0526. The molecule has 0 spiro atoms. The van der Waals surface area contributed by atoms with Gasteiger partial charge < -0.3 is 5.32 Å². The molecule has 2 heterocycles. The van der Waals surface area contributed by atoms with Gasteiger partial charge in [0.25, 0.3) is 5.91 Å². The van der Waals surface area contributed by atoms with Gasteiger partial charge in [-0.3, -0.25) is 4.79 Å². The van der Waals surface area contributed by atoms with Crippen LogP contribution < -0.4 is 5.32 Å². The van der Waals surface area contributed by atoms with E-state index in [1.54, 1.807) is 11.0 Å². The van der Waals surface area contributed by atoms with Crippen molar-refractivity contribution >= 4 is 22.9 Å². The Hall–Kier alpha value is -3.32. The molecule has 1 N–H and O–H groups in total. The number of rotatable bonds is 4. The molecule has 6 nitrogen and oxygen atoms in total. The Morgan fingerprint density at radius 3 is 2.62 bits per heavy atom. The van der Waals surface area contributed by atoms with Crippen LogP contribution in [0.2, 0.25) is 0 Å². The van der Waals surface area contributed by atoms with Gasteiger partial charge in [-0.05, 0) is 19.1 Å². The fourth-order valence-electron chi connectivity index (χ4n) is 2.60. The maximum atomic E-state index is 12.8. The summed E-state index contributed by atoms with van der Waals surface area (Å²) in [6.07, 6.45) is 3.05. The van der Waals surface area contributed by atoms with Gasteiger partial charge in [0, 0.05) is 5.56 Å².